The number of benzene rings is 1. The van der Waals surface area contributed by atoms with Crippen molar-refractivity contribution in [2.24, 2.45) is 5.92 Å². The van der Waals surface area contributed by atoms with Crippen molar-refractivity contribution < 1.29 is 19.7 Å². The third-order valence-electron chi connectivity index (χ3n) is 3.75. The van der Waals surface area contributed by atoms with Crippen LogP contribution in [0.25, 0.3) is 0 Å². The van der Waals surface area contributed by atoms with Crippen LogP contribution < -0.4 is 4.74 Å². The lowest BCUT2D eigenvalue weighted by Crippen LogP contribution is -2.28. The van der Waals surface area contributed by atoms with Gasteiger partial charge in [0.05, 0.1) is 11.7 Å². The highest BCUT2D eigenvalue weighted by molar-refractivity contribution is 5.87. The van der Waals surface area contributed by atoms with Crippen LogP contribution in [-0.2, 0) is 0 Å². The molecule has 0 amide bonds. The van der Waals surface area contributed by atoms with Gasteiger partial charge < -0.3 is 14.9 Å². The summed E-state index contributed by atoms with van der Waals surface area (Å²) in [6, 6.07) is 6.51. The summed E-state index contributed by atoms with van der Waals surface area (Å²) in [4.78, 5) is 13.1. The van der Waals surface area contributed by atoms with Gasteiger partial charge >= 0.3 is 5.97 Å². The summed E-state index contributed by atoms with van der Waals surface area (Å²) >= 11 is 0. The molecule has 2 atom stereocenters. The van der Waals surface area contributed by atoms with E-state index in [1.165, 1.54) is 6.07 Å². The topological polar surface area (TPSA) is 70.0 Å². The number of aliphatic hydroxyl groups is 1. The van der Waals surface area contributed by atoms with E-state index in [-0.39, 0.29) is 11.7 Å². The number of carbonyl (C=O) groups is 1. The number of rotatable bonds is 6. The number of aromatic carboxylic acids is 1. The number of ether oxygens (including phenoxy) is 1. The van der Waals surface area contributed by atoms with E-state index >= 15 is 0 Å². The third kappa shape index (κ3) is 3.95. The predicted octanol–water partition coefficient (Wildman–Crippen LogP) is 1.47. The highest BCUT2D eigenvalue weighted by atomic mass is 16.5. The van der Waals surface area contributed by atoms with E-state index in [2.05, 4.69) is 4.90 Å². The van der Waals surface area contributed by atoms with Gasteiger partial charge in [-0.3, -0.25) is 4.90 Å². The maximum absolute atomic E-state index is 10.8. The zero-order valence-electron chi connectivity index (χ0n) is 11.7. The van der Waals surface area contributed by atoms with Gasteiger partial charge in [0.25, 0.3) is 0 Å². The third-order valence-corrected chi connectivity index (χ3v) is 3.75. The monoisotopic (exact) mass is 279 g/mol. The van der Waals surface area contributed by atoms with Crippen LogP contribution in [0.5, 0.6) is 5.75 Å². The first-order valence-electron chi connectivity index (χ1n) is 6.93. The maximum atomic E-state index is 10.8. The van der Waals surface area contributed by atoms with Gasteiger partial charge in [0.2, 0.25) is 0 Å². The van der Waals surface area contributed by atoms with Crippen LogP contribution in [0.4, 0.5) is 0 Å². The van der Waals surface area contributed by atoms with Crippen molar-refractivity contribution in [1.29, 1.82) is 0 Å². The van der Waals surface area contributed by atoms with Crippen molar-refractivity contribution in [3.8, 4) is 5.75 Å². The fourth-order valence-corrected chi connectivity index (χ4v) is 2.47. The van der Waals surface area contributed by atoms with Gasteiger partial charge in [0, 0.05) is 13.1 Å². The Labute approximate surface area is 118 Å². The van der Waals surface area contributed by atoms with Crippen molar-refractivity contribution in [1.82, 2.24) is 4.90 Å². The molecule has 2 rings (SSSR count). The summed E-state index contributed by atoms with van der Waals surface area (Å²) in [5.41, 5.74) is 0.234. The normalized spacial score (nSPS) is 20.8. The van der Waals surface area contributed by atoms with Crippen LogP contribution in [0, 0.1) is 5.92 Å². The molecule has 1 heterocycles. The second-order valence-corrected chi connectivity index (χ2v) is 5.27. The van der Waals surface area contributed by atoms with Crippen LogP contribution in [0.1, 0.15) is 23.7 Å². The van der Waals surface area contributed by atoms with Gasteiger partial charge in [-0.2, -0.15) is 0 Å². The SMILES string of the molecule is CC(O)C1CCN(CCOc2cccc(C(=O)O)c2)C1. The lowest BCUT2D eigenvalue weighted by molar-refractivity contribution is 0.0696. The molecule has 1 aromatic rings. The minimum Gasteiger partial charge on any atom is -0.492 e. The minimum absolute atomic E-state index is 0.234. The van der Waals surface area contributed by atoms with Crippen molar-refractivity contribution in [2.75, 3.05) is 26.2 Å². The molecule has 0 radical (unpaired) electrons. The minimum atomic E-state index is -0.949. The van der Waals surface area contributed by atoms with E-state index in [0.29, 0.717) is 18.3 Å². The van der Waals surface area contributed by atoms with E-state index in [0.717, 1.165) is 26.1 Å². The van der Waals surface area contributed by atoms with Crippen molar-refractivity contribution in [3.63, 3.8) is 0 Å². The molecule has 0 aliphatic carbocycles. The molecule has 0 bridgehead atoms. The Morgan fingerprint density at radius 3 is 3.00 bits per heavy atom. The Morgan fingerprint density at radius 2 is 2.35 bits per heavy atom. The molecular formula is C15H21NO4. The van der Waals surface area contributed by atoms with E-state index < -0.39 is 5.97 Å². The molecule has 1 aliphatic heterocycles. The highest BCUT2D eigenvalue weighted by Crippen LogP contribution is 2.19. The van der Waals surface area contributed by atoms with Gasteiger partial charge in [0.15, 0.2) is 0 Å². The highest BCUT2D eigenvalue weighted by Gasteiger charge is 2.25. The Balaban J connectivity index is 1.76. The molecule has 2 N–H and O–H groups in total. The van der Waals surface area contributed by atoms with E-state index in [9.17, 15) is 9.90 Å². The number of carboxylic acids is 1. The summed E-state index contributed by atoms with van der Waals surface area (Å²) in [5.74, 6) is -0.0173. The van der Waals surface area contributed by atoms with Crippen LogP contribution in [0.15, 0.2) is 24.3 Å². The van der Waals surface area contributed by atoms with Gasteiger partial charge in [-0.25, -0.2) is 4.79 Å². The fourth-order valence-electron chi connectivity index (χ4n) is 2.47. The molecule has 0 saturated carbocycles. The zero-order valence-corrected chi connectivity index (χ0v) is 11.7. The average molecular weight is 279 g/mol. The molecule has 1 aromatic carbocycles. The number of carboxylic acid groups (broad SMARTS) is 1. The summed E-state index contributed by atoms with van der Waals surface area (Å²) < 4.78 is 5.59. The quantitative estimate of drug-likeness (QED) is 0.825. The van der Waals surface area contributed by atoms with Gasteiger partial charge in [0.1, 0.15) is 12.4 Å². The Hall–Kier alpha value is -1.59. The molecule has 1 saturated heterocycles. The second-order valence-electron chi connectivity index (χ2n) is 5.27. The second kappa shape index (κ2) is 6.72. The van der Waals surface area contributed by atoms with Crippen molar-refractivity contribution >= 4 is 5.97 Å². The first-order valence-corrected chi connectivity index (χ1v) is 6.93. The van der Waals surface area contributed by atoms with Crippen LogP contribution in [0.2, 0.25) is 0 Å². The van der Waals surface area contributed by atoms with Crippen molar-refractivity contribution in [3.05, 3.63) is 29.8 Å². The van der Waals surface area contributed by atoms with Crippen LogP contribution >= 0.6 is 0 Å². The molecular weight excluding hydrogens is 258 g/mol. The molecule has 20 heavy (non-hydrogen) atoms. The lowest BCUT2D eigenvalue weighted by Gasteiger charge is -2.17. The number of hydrogen-bond acceptors (Lipinski definition) is 4. The fraction of sp³-hybridized carbons (Fsp3) is 0.533. The number of nitrogens with zero attached hydrogens (tertiary/aromatic N) is 1. The largest absolute Gasteiger partial charge is 0.492 e. The Bertz CT molecular complexity index is 461. The molecule has 1 fully saturated rings. The number of aliphatic hydroxyl groups excluding tert-OH is 1. The lowest BCUT2D eigenvalue weighted by atomic mass is 10.0. The summed E-state index contributed by atoms with van der Waals surface area (Å²) in [5, 5.41) is 18.4. The van der Waals surface area contributed by atoms with E-state index in [1.54, 1.807) is 18.2 Å². The van der Waals surface area contributed by atoms with Crippen molar-refractivity contribution in [2.45, 2.75) is 19.4 Å². The van der Waals surface area contributed by atoms with Gasteiger partial charge in [-0.1, -0.05) is 6.07 Å². The van der Waals surface area contributed by atoms with Gasteiger partial charge in [-0.15, -0.1) is 0 Å². The molecule has 2 unspecified atom stereocenters. The standard InChI is InChI=1S/C15H21NO4/c1-11(17)13-5-6-16(10-13)7-8-20-14-4-2-3-12(9-14)15(18)19/h2-4,9,11,13,17H,5-8,10H2,1H3,(H,18,19). The molecule has 1 aliphatic rings. The zero-order chi connectivity index (χ0) is 14.5. The smallest absolute Gasteiger partial charge is 0.335 e. The molecule has 5 nitrogen and oxygen atoms in total. The Morgan fingerprint density at radius 1 is 1.55 bits per heavy atom. The summed E-state index contributed by atoms with van der Waals surface area (Å²) in [7, 11) is 0. The maximum Gasteiger partial charge on any atom is 0.335 e. The predicted molar refractivity (Wildman–Crippen MR) is 75.1 cm³/mol. The summed E-state index contributed by atoms with van der Waals surface area (Å²) in [6.45, 7) is 5.03. The number of hydrogen-bond donors (Lipinski definition) is 2. The number of likely N-dealkylation sites (tertiary alicyclic amines) is 1. The van der Waals surface area contributed by atoms with E-state index in [1.807, 2.05) is 6.92 Å². The van der Waals surface area contributed by atoms with E-state index in [4.69, 9.17) is 9.84 Å². The average Bonchev–Trinajstić information content (AvgIpc) is 2.88. The van der Waals surface area contributed by atoms with Crippen LogP contribution in [0.3, 0.4) is 0 Å². The first kappa shape index (κ1) is 14.8. The molecule has 110 valence electrons. The Kier molecular flexibility index (Phi) is 4.98. The molecule has 0 aromatic heterocycles. The molecule has 5 heteroatoms. The van der Waals surface area contributed by atoms with Gasteiger partial charge in [-0.05, 0) is 44.0 Å². The first-order chi connectivity index (χ1) is 9.56. The molecule has 0 spiro atoms. The summed E-state index contributed by atoms with van der Waals surface area (Å²) in [6.07, 6.45) is 0.764. The van der Waals surface area contributed by atoms with Crippen LogP contribution in [-0.4, -0.2) is 53.4 Å².